The third-order valence-corrected chi connectivity index (χ3v) is 6.95. The highest BCUT2D eigenvalue weighted by Gasteiger charge is 2.28. The standard InChI is InChI=1S/C24H24N6O2S/c1-3-20(31)29-9-5-7-17(12-29)30-24-21(23(25)26-14-27-24)22(28-30)16-11-19(33-13-16)15-6-4-8-18(10-15)32-2/h3-4,6,8,10-11,13-14,17H,1,5,7,9,12H2,2H3,(H2,25,26,27). The van der Waals surface area contributed by atoms with Gasteiger partial charge in [-0.05, 0) is 42.7 Å². The molecule has 1 atom stereocenters. The number of amides is 1. The number of piperidine rings is 1. The van der Waals surface area contributed by atoms with E-state index in [1.165, 1.54) is 12.4 Å². The van der Waals surface area contributed by atoms with E-state index in [2.05, 4.69) is 34.1 Å². The number of aromatic nitrogens is 4. The molecule has 0 aliphatic carbocycles. The number of methoxy groups -OCH3 is 1. The Labute approximate surface area is 195 Å². The van der Waals surface area contributed by atoms with Crippen LogP contribution < -0.4 is 10.5 Å². The van der Waals surface area contributed by atoms with Crippen molar-refractivity contribution in [1.29, 1.82) is 0 Å². The summed E-state index contributed by atoms with van der Waals surface area (Å²) < 4.78 is 7.28. The maximum atomic E-state index is 12.2. The number of benzene rings is 1. The molecular formula is C24H24N6O2S. The lowest BCUT2D eigenvalue weighted by Gasteiger charge is -2.32. The zero-order valence-corrected chi connectivity index (χ0v) is 19.1. The molecule has 1 amide bonds. The third kappa shape index (κ3) is 3.84. The second-order valence-corrected chi connectivity index (χ2v) is 8.88. The molecule has 4 heterocycles. The van der Waals surface area contributed by atoms with Crippen LogP contribution in [0, 0.1) is 0 Å². The van der Waals surface area contributed by atoms with Crippen molar-refractivity contribution in [3.8, 4) is 27.4 Å². The first-order chi connectivity index (χ1) is 16.1. The van der Waals surface area contributed by atoms with E-state index >= 15 is 0 Å². The van der Waals surface area contributed by atoms with Crippen molar-refractivity contribution in [2.45, 2.75) is 18.9 Å². The monoisotopic (exact) mass is 460 g/mol. The van der Waals surface area contributed by atoms with Crippen molar-refractivity contribution >= 4 is 34.1 Å². The molecule has 168 valence electrons. The number of ether oxygens (including phenoxy) is 1. The first kappa shape index (κ1) is 21.1. The van der Waals surface area contributed by atoms with E-state index in [1.807, 2.05) is 27.8 Å². The number of nitrogens with zero attached hydrogens (tertiary/aromatic N) is 5. The van der Waals surface area contributed by atoms with E-state index in [1.54, 1.807) is 18.4 Å². The van der Waals surface area contributed by atoms with E-state index in [9.17, 15) is 4.79 Å². The second-order valence-electron chi connectivity index (χ2n) is 7.97. The van der Waals surface area contributed by atoms with Crippen LogP contribution in [0.4, 0.5) is 5.82 Å². The van der Waals surface area contributed by atoms with Crippen LogP contribution in [-0.2, 0) is 4.79 Å². The van der Waals surface area contributed by atoms with Crippen LogP contribution in [-0.4, -0.2) is 50.8 Å². The quantitative estimate of drug-likeness (QED) is 0.449. The smallest absolute Gasteiger partial charge is 0.246 e. The van der Waals surface area contributed by atoms with E-state index in [0.29, 0.717) is 18.0 Å². The molecule has 8 nitrogen and oxygen atoms in total. The van der Waals surface area contributed by atoms with Gasteiger partial charge in [-0.15, -0.1) is 11.3 Å². The summed E-state index contributed by atoms with van der Waals surface area (Å²) in [6.07, 6.45) is 4.62. The largest absolute Gasteiger partial charge is 0.497 e. The number of carbonyl (C=O) groups excluding carboxylic acids is 1. The van der Waals surface area contributed by atoms with Gasteiger partial charge in [-0.1, -0.05) is 18.7 Å². The average Bonchev–Trinajstić information content (AvgIpc) is 3.50. The van der Waals surface area contributed by atoms with Gasteiger partial charge in [-0.25, -0.2) is 14.6 Å². The van der Waals surface area contributed by atoms with Crippen LogP contribution in [0.2, 0.25) is 0 Å². The van der Waals surface area contributed by atoms with Crippen LogP contribution in [0.25, 0.3) is 32.7 Å². The zero-order chi connectivity index (χ0) is 22.9. The first-order valence-corrected chi connectivity index (χ1v) is 11.6. The van der Waals surface area contributed by atoms with Crippen LogP contribution in [0.3, 0.4) is 0 Å². The topological polar surface area (TPSA) is 99.2 Å². The van der Waals surface area contributed by atoms with Gasteiger partial charge in [0.05, 0.1) is 18.5 Å². The Morgan fingerprint density at radius 2 is 2.18 bits per heavy atom. The van der Waals surface area contributed by atoms with Crippen molar-refractivity contribution in [1.82, 2.24) is 24.6 Å². The molecule has 1 aliphatic rings. The summed E-state index contributed by atoms with van der Waals surface area (Å²) in [5, 5.41) is 7.76. The van der Waals surface area contributed by atoms with Crippen molar-refractivity contribution < 1.29 is 9.53 Å². The van der Waals surface area contributed by atoms with Gasteiger partial charge in [0.1, 0.15) is 23.6 Å². The summed E-state index contributed by atoms with van der Waals surface area (Å²) in [4.78, 5) is 23.8. The normalized spacial score (nSPS) is 16.2. The zero-order valence-electron chi connectivity index (χ0n) is 18.3. The molecule has 1 aromatic carbocycles. The molecule has 1 fully saturated rings. The minimum absolute atomic E-state index is 0.00434. The summed E-state index contributed by atoms with van der Waals surface area (Å²) in [6, 6.07) is 10.1. The highest BCUT2D eigenvalue weighted by Crippen LogP contribution is 2.38. The van der Waals surface area contributed by atoms with Gasteiger partial charge in [0.2, 0.25) is 5.91 Å². The minimum Gasteiger partial charge on any atom is -0.497 e. The number of fused-ring (bicyclic) bond motifs is 1. The maximum Gasteiger partial charge on any atom is 0.246 e. The number of nitrogen functional groups attached to an aromatic ring is 1. The van der Waals surface area contributed by atoms with Gasteiger partial charge in [0, 0.05) is 28.9 Å². The summed E-state index contributed by atoms with van der Waals surface area (Å²) in [6.45, 7) is 4.90. The minimum atomic E-state index is -0.0636. The van der Waals surface area contributed by atoms with Crippen molar-refractivity contribution in [2.75, 3.05) is 25.9 Å². The Hall–Kier alpha value is -3.72. The highest BCUT2D eigenvalue weighted by atomic mass is 32.1. The van der Waals surface area contributed by atoms with Gasteiger partial charge in [-0.3, -0.25) is 4.79 Å². The number of rotatable bonds is 5. The van der Waals surface area contributed by atoms with Crippen LogP contribution in [0.1, 0.15) is 18.9 Å². The van der Waals surface area contributed by atoms with Gasteiger partial charge in [-0.2, -0.15) is 5.10 Å². The third-order valence-electron chi connectivity index (χ3n) is 5.97. The van der Waals surface area contributed by atoms with Gasteiger partial charge < -0.3 is 15.4 Å². The van der Waals surface area contributed by atoms with Gasteiger partial charge in [0.25, 0.3) is 0 Å². The van der Waals surface area contributed by atoms with Crippen LogP contribution in [0.15, 0.2) is 54.7 Å². The summed E-state index contributed by atoms with van der Waals surface area (Å²) in [5.41, 5.74) is 9.76. The number of hydrogen-bond acceptors (Lipinski definition) is 7. The lowest BCUT2D eigenvalue weighted by Crippen LogP contribution is -2.40. The number of nitrogens with two attached hydrogens (primary N) is 1. The van der Waals surface area contributed by atoms with E-state index in [-0.39, 0.29) is 11.9 Å². The fraction of sp³-hybridized carbons (Fsp3) is 0.250. The molecule has 0 bridgehead atoms. The molecule has 0 spiro atoms. The Balaban J connectivity index is 1.57. The Kier molecular flexibility index (Phi) is 5.55. The van der Waals surface area contributed by atoms with Crippen molar-refractivity contribution in [2.24, 2.45) is 0 Å². The van der Waals surface area contributed by atoms with E-state index in [4.69, 9.17) is 15.6 Å². The number of likely N-dealkylation sites (tertiary alicyclic amines) is 1. The highest BCUT2D eigenvalue weighted by molar-refractivity contribution is 7.14. The summed E-state index contributed by atoms with van der Waals surface area (Å²) in [5.74, 6) is 1.14. The number of hydrogen-bond donors (Lipinski definition) is 1. The molecule has 33 heavy (non-hydrogen) atoms. The maximum absolute atomic E-state index is 12.2. The molecule has 0 saturated carbocycles. The fourth-order valence-electron chi connectivity index (χ4n) is 4.32. The van der Waals surface area contributed by atoms with Crippen LogP contribution in [0.5, 0.6) is 5.75 Å². The molecule has 4 aromatic rings. The Bertz CT molecular complexity index is 1340. The predicted molar refractivity (Wildman–Crippen MR) is 130 cm³/mol. The molecule has 3 aromatic heterocycles. The second kappa shape index (κ2) is 8.67. The number of anilines is 1. The average molecular weight is 461 g/mol. The Morgan fingerprint density at radius 1 is 1.30 bits per heavy atom. The van der Waals surface area contributed by atoms with Crippen molar-refractivity contribution in [3.05, 3.63) is 54.7 Å². The van der Waals surface area contributed by atoms with E-state index in [0.717, 1.165) is 52.2 Å². The predicted octanol–water partition coefficient (Wildman–Crippen LogP) is 4.16. The number of thiophene rings is 1. The first-order valence-electron chi connectivity index (χ1n) is 10.7. The van der Waals surface area contributed by atoms with Crippen LogP contribution >= 0.6 is 11.3 Å². The molecule has 5 rings (SSSR count). The van der Waals surface area contributed by atoms with E-state index < -0.39 is 0 Å². The van der Waals surface area contributed by atoms with Gasteiger partial charge in [0.15, 0.2) is 5.65 Å². The Morgan fingerprint density at radius 3 is 3.00 bits per heavy atom. The summed E-state index contributed by atoms with van der Waals surface area (Å²) in [7, 11) is 1.66. The SMILES string of the molecule is C=CC(=O)N1CCCC(n2nc(-c3csc(-c4cccc(OC)c4)c3)c3c(N)ncnc32)C1. The molecule has 1 unspecified atom stereocenters. The lowest BCUT2D eigenvalue weighted by atomic mass is 10.1. The fourth-order valence-corrected chi connectivity index (χ4v) is 5.22. The molecule has 2 N–H and O–H groups in total. The molecule has 1 aliphatic heterocycles. The number of carbonyl (C=O) groups is 1. The lowest BCUT2D eigenvalue weighted by molar-refractivity contribution is -0.127. The molecule has 9 heteroatoms. The molecular weight excluding hydrogens is 436 g/mol. The molecule has 0 radical (unpaired) electrons. The van der Waals surface area contributed by atoms with Gasteiger partial charge >= 0.3 is 0 Å². The van der Waals surface area contributed by atoms with Crippen molar-refractivity contribution in [3.63, 3.8) is 0 Å². The molecule has 1 saturated heterocycles. The summed E-state index contributed by atoms with van der Waals surface area (Å²) >= 11 is 1.63.